The largest absolute Gasteiger partial charge is 0.325 e. The molecule has 0 aliphatic rings. The first-order valence-electron chi connectivity index (χ1n) is 3.87. The summed E-state index contributed by atoms with van der Waals surface area (Å²) < 4.78 is 0.892. The Balaban J connectivity index is 2.83. The smallest absolute Gasteiger partial charge is 0.109 e. The lowest BCUT2D eigenvalue weighted by Crippen LogP contribution is -2.34. The number of rotatable bonds is 2. The number of nitrogens with zero attached hydrogens (tertiary/aromatic N) is 1. The molecule has 0 aliphatic heterocycles. The lowest BCUT2D eigenvalue weighted by atomic mass is 9.98. The van der Waals surface area contributed by atoms with E-state index >= 15 is 0 Å². The van der Waals surface area contributed by atoms with E-state index < -0.39 is 0 Å². The first-order chi connectivity index (χ1) is 5.49. The molecule has 2 N–H and O–H groups in total. The number of halogens is 1. The summed E-state index contributed by atoms with van der Waals surface area (Å²) in [6, 6.07) is 3.96. The Hall–Kier alpha value is -0.410. The predicted molar refractivity (Wildman–Crippen MR) is 53.9 cm³/mol. The summed E-state index contributed by atoms with van der Waals surface area (Å²) in [6.07, 6.45) is 2.60. The van der Waals surface area contributed by atoms with Crippen molar-refractivity contribution in [1.82, 2.24) is 4.98 Å². The fraction of sp³-hybridized carbons (Fsp3) is 0.444. The lowest BCUT2D eigenvalue weighted by Gasteiger charge is -2.18. The Labute approximate surface area is 81.3 Å². The lowest BCUT2D eigenvalue weighted by molar-refractivity contribution is 0.515. The highest BCUT2D eigenvalue weighted by molar-refractivity contribution is 9.10. The molecule has 12 heavy (non-hydrogen) atoms. The molecule has 0 fully saturated rings. The minimum Gasteiger partial charge on any atom is -0.325 e. The van der Waals surface area contributed by atoms with E-state index in [2.05, 4.69) is 20.9 Å². The van der Waals surface area contributed by atoms with Crippen LogP contribution in [0.2, 0.25) is 0 Å². The summed E-state index contributed by atoms with van der Waals surface area (Å²) in [4.78, 5) is 4.12. The summed E-state index contributed by atoms with van der Waals surface area (Å²) in [6.45, 7) is 4.01. The first-order valence-corrected chi connectivity index (χ1v) is 4.66. The van der Waals surface area contributed by atoms with Gasteiger partial charge in [-0.2, -0.15) is 0 Å². The molecule has 0 amide bonds. The van der Waals surface area contributed by atoms with Crippen LogP contribution in [-0.2, 0) is 6.42 Å². The van der Waals surface area contributed by atoms with Crippen LogP contribution in [-0.4, -0.2) is 10.5 Å². The summed E-state index contributed by atoms with van der Waals surface area (Å²) in [5.74, 6) is 0. The molecule has 1 heterocycles. The average molecular weight is 229 g/mol. The van der Waals surface area contributed by atoms with E-state index in [0.717, 1.165) is 16.6 Å². The Morgan fingerprint density at radius 1 is 1.58 bits per heavy atom. The van der Waals surface area contributed by atoms with Gasteiger partial charge in [0, 0.05) is 11.7 Å². The molecule has 1 aromatic heterocycles. The van der Waals surface area contributed by atoms with Gasteiger partial charge < -0.3 is 5.73 Å². The van der Waals surface area contributed by atoms with Crippen molar-refractivity contribution in [3.63, 3.8) is 0 Å². The molecule has 0 aromatic carbocycles. The summed E-state index contributed by atoms with van der Waals surface area (Å²) >= 11 is 3.38. The van der Waals surface area contributed by atoms with Crippen LogP contribution >= 0.6 is 15.9 Å². The second-order valence-electron chi connectivity index (χ2n) is 3.62. The van der Waals surface area contributed by atoms with Gasteiger partial charge in [0.05, 0.1) is 0 Å². The zero-order valence-corrected chi connectivity index (χ0v) is 8.93. The fourth-order valence-electron chi connectivity index (χ4n) is 1.04. The van der Waals surface area contributed by atoms with Gasteiger partial charge >= 0.3 is 0 Å². The maximum atomic E-state index is 5.89. The van der Waals surface area contributed by atoms with Crippen LogP contribution in [0.5, 0.6) is 0 Å². The number of pyridine rings is 1. The van der Waals surface area contributed by atoms with Crippen molar-refractivity contribution < 1.29 is 0 Å². The molecule has 3 heteroatoms. The van der Waals surface area contributed by atoms with Crippen molar-refractivity contribution in [2.75, 3.05) is 0 Å². The van der Waals surface area contributed by atoms with E-state index in [-0.39, 0.29) is 5.54 Å². The minimum absolute atomic E-state index is 0.175. The Morgan fingerprint density at radius 3 is 2.75 bits per heavy atom. The topological polar surface area (TPSA) is 38.9 Å². The Kier molecular flexibility index (Phi) is 2.85. The van der Waals surface area contributed by atoms with Crippen molar-refractivity contribution in [2.45, 2.75) is 25.8 Å². The van der Waals surface area contributed by atoms with Crippen LogP contribution in [0.15, 0.2) is 22.9 Å². The number of nitrogens with two attached hydrogens (primary N) is 1. The van der Waals surface area contributed by atoms with Gasteiger partial charge in [-0.05, 0) is 47.8 Å². The van der Waals surface area contributed by atoms with Crippen molar-refractivity contribution in [3.8, 4) is 0 Å². The van der Waals surface area contributed by atoms with Crippen molar-refractivity contribution in [2.24, 2.45) is 5.73 Å². The standard InChI is InChI=1S/C9H13BrN2/c1-9(2,11)6-7-4-3-5-12-8(7)10/h3-5H,6,11H2,1-2H3. The highest BCUT2D eigenvalue weighted by atomic mass is 79.9. The first kappa shape index (κ1) is 9.68. The van der Waals surface area contributed by atoms with E-state index in [4.69, 9.17) is 5.73 Å². The third-order valence-corrected chi connectivity index (χ3v) is 2.20. The predicted octanol–water partition coefficient (Wildman–Crippen LogP) is 2.12. The number of hydrogen-bond acceptors (Lipinski definition) is 2. The number of aromatic nitrogens is 1. The zero-order chi connectivity index (χ0) is 9.19. The van der Waals surface area contributed by atoms with Crippen LogP contribution in [0, 0.1) is 0 Å². The van der Waals surface area contributed by atoms with Crippen LogP contribution in [0.4, 0.5) is 0 Å². The van der Waals surface area contributed by atoms with Crippen molar-refractivity contribution in [1.29, 1.82) is 0 Å². The third kappa shape index (κ3) is 2.91. The van der Waals surface area contributed by atoms with Gasteiger partial charge in [0.15, 0.2) is 0 Å². The van der Waals surface area contributed by atoms with E-state index in [1.54, 1.807) is 6.20 Å². The molecule has 0 unspecified atom stereocenters. The summed E-state index contributed by atoms with van der Waals surface area (Å²) in [5, 5.41) is 0. The van der Waals surface area contributed by atoms with Gasteiger partial charge in [0.1, 0.15) is 4.60 Å². The van der Waals surface area contributed by atoms with Crippen LogP contribution in [0.25, 0.3) is 0 Å². The highest BCUT2D eigenvalue weighted by Gasteiger charge is 2.13. The van der Waals surface area contributed by atoms with Crippen molar-refractivity contribution in [3.05, 3.63) is 28.5 Å². The van der Waals surface area contributed by atoms with Gasteiger partial charge in [-0.1, -0.05) is 6.07 Å². The second-order valence-corrected chi connectivity index (χ2v) is 4.37. The van der Waals surface area contributed by atoms with Gasteiger partial charge in [0.25, 0.3) is 0 Å². The molecular weight excluding hydrogens is 216 g/mol. The Bertz CT molecular complexity index is 265. The highest BCUT2D eigenvalue weighted by Crippen LogP contribution is 2.17. The van der Waals surface area contributed by atoms with E-state index in [1.165, 1.54) is 0 Å². The van der Waals surface area contributed by atoms with Crippen LogP contribution < -0.4 is 5.73 Å². The normalized spacial score (nSPS) is 11.7. The Morgan fingerprint density at radius 2 is 2.25 bits per heavy atom. The molecule has 0 bridgehead atoms. The molecule has 0 radical (unpaired) electrons. The zero-order valence-electron chi connectivity index (χ0n) is 7.34. The quantitative estimate of drug-likeness (QED) is 0.789. The average Bonchev–Trinajstić information content (AvgIpc) is 1.91. The monoisotopic (exact) mass is 228 g/mol. The molecule has 0 saturated heterocycles. The molecule has 0 atom stereocenters. The molecule has 0 spiro atoms. The molecule has 1 rings (SSSR count). The van der Waals surface area contributed by atoms with Crippen molar-refractivity contribution >= 4 is 15.9 Å². The van der Waals surface area contributed by atoms with Crippen LogP contribution in [0.3, 0.4) is 0 Å². The molecular formula is C9H13BrN2. The maximum absolute atomic E-state index is 5.89. The summed E-state index contributed by atoms with van der Waals surface area (Å²) in [5.41, 5.74) is 6.87. The minimum atomic E-state index is -0.175. The van der Waals surface area contributed by atoms with E-state index in [9.17, 15) is 0 Å². The van der Waals surface area contributed by atoms with Crippen LogP contribution in [0.1, 0.15) is 19.4 Å². The second kappa shape index (κ2) is 3.54. The molecule has 0 aliphatic carbocycles. The van der Waals surface area contributed by atoms with Gasteiger partial charge in [0.2, 0.25) is 0 Å². The third-order valence-electron chi connectivity index (χ3n) is 1.48. The number of hydrogen-bond donors (Lipinski definition) is 1. The fourth-order valence-corrected chi connectivity index (χ4v) is 1.43. The molecule has 0 saturated carbocycles. The molecule has 1 aromatic rings. The molecule has 66 valence electrons. The maximum Gasteiger partial charge on any atom is 0.109 e. The van der Waals surface area contributed by atoms with E-state index in [1.807, 2.05) is 26.0 Å². The van der Waals surface area contributed by atoms with Gasteiger partial charge in [-0.3, -0.25) is 0 Å². The SMILES string of the molecule is CC(C)(N)Cc1cccnc1Br. The van der Waals surface area contributed by atoms with E-state index in [0.29, 0.717) is 0 Å². The molecule has 2 nitrogen and oxygen atoms in total. The van der Waals surface area contributed by atoms with Gasteiger partial charge in [-0.25, -0.2) is 4.98 Å². The van der Waals surface area contributed by atoms with Gasteiger partial charge in [-0.15, -0.1) is 0 Å². The summed E-state index contributed by atoms with van der Waals surface area (Å²) in [7, 11) is 0.